The third-order valence-electron chi connectivity index (χ3n) is 6.52. The summed E-state index contributed by atoms with van der Waals surface area (Å²) in [6, 6.07) is 43.0. The van der Waals surface area contributed by atoms with E-state index in [4.69, 9.17) is 0 Å². The molecule has 5 rings (SSSR count). The predicted octanol–water partition coefficient (Wildman–Crippen LogP) is 9.49. The molecule has 1 nitrogen and oxygen atoms in total. The van der Waals surface area contributed by atoms with E-state index < -0.39 is 0 Å². The largest absolute Gasteiger partial charge is 0.508 e. The summed E-state index contributed by atoms with van der Waals surface area (Å²) in [6.07, 6.45) is 13.7. The summed E-state index contributed by atoms with van der Waals surface area (Å²) in [7, 11) is 0. The number of phenols is 1. The summed E-state index contributed by atoms with van der Waals surface area (Å²) in [5.41, 5.74) is 8.93. The molecule has 0 unspecified atom stereocenters. The average Bonchev–Trinajstić information content (AvgIpc) is 2.97. The van der Waals surface area contributed by atoms with Gasteiger partial charge in [-0.15, -0.1) is 0 Å². The van der Waals surface area contributed by atoms with Crippen LogP contribution in [0.3, 0.4) is 0 Å². The third kappa shape index (κ3) is 6.46. The maximum atomic E-state index is 10.5. The van der Waals surface area contributed by atoms with Crippen LogP contribution in [0.5, 0.6) is 5.75 Å². The molecule has 0 aliphatic carbocycles. The summed E-state index contributed by atoms with van der Waals surface area (Å²) in [6.45, 7) is 0. The van der Waals surface area contributed by atoms with E-state index in [2.05, 4.69) is 121 Å². The number of hydrogen-bond acceptors (Lipinski definition) is 1. The molecule has 1 heteroatoms. The van der Waals surface area contributed by atoms with Gasteiger partial charge in [0.15, 0.2) is 0 Å². The van der Waals surface area contributed by atoms with Crippen LogP contribution in [-0.2, 0) is 6.42 Å². The van der Waals surface area contributed by atoms with Crippen molar-refractivity contribution in [3.05, 3.63) is 172 Å². The molecule has 0 atom stereocenters. The molecule has 0 bridgehead atoms. The first-order valence-electron chi connectivity index (χ1n) is 12.9. The van der Waals surface area contributed by atoms with E-state index in [1.165, 1.54) is 0 Å². The first-order valence-corrected chi connectivity index (χ1v) is 12.9. The highest BCUT2D eigenvalue weighted by Crippen LogP contribution is 2.30. The summed E-state index contributed by atoms with van der Waals surface area (Å²) in [5, 5.41) is 10.5. The second kappa shape index (κ2) is 12.4. The number of aromatic hydroxyl groups is 1. The average molecular weight is 491 g/mol. The standard InChI is InChI=1S/C37H30O/c38-37-19-11-10-18-34(37)28-33-25-24-32(23-20-29-12-4-1-5-13-29)35(26-21-30-14-6-2-7-15-30)36(33)27-22-31-16-8-3-9-17-31/h1-27,38H,28H2/b23-20+,26-21+,27-22+. The molecule has 1 N–H and O–H groups in total. The molecule has 5 aromatic carbocycles. The van der Waals surface area contributed by atoms with Crippen LogP contribution in [0, 0.1) is 0 Å². The maximum absolute atomic E-state index is 10.5. The van der Waals surface area contributed by atoms with Gasteiger partial charge in [0.2, 0.25) is 0 Å². The maximum Gasteiger partial charge on any atom is 0.119 e. The molecule has 0 radical (unpaired) electrons. The molecular formula is C37H30O. The topological polar surface area (TPSA) is 20.2 Å². The molecule has 0 aromatic heterocycles. The Balaban J connectivity index is 1.65. The van der Waals surface area contributed by atoms with Crippen LogP contribution < -0.4 is 0 Å². The molecular weight excluding hydrogens is 460 g/mol. The van der Waals surface area contributed by atoms with Gasteiger partial charge in [0.25, 0.3) is 0 Å². The van der Waals surface area contributed by atoms with Crippen molar-refractivity contribution in [1.82, 2.24) is 0 Å². The lowest BCUT2D eigenvalue weighted by atomic mass is 9.90. The van der Waals surface area contributed by atoms with Gasteiger partial charge in [-0.3, -0.25) is 0 Å². The van der Waals surface area contributed by atoms with Gasteiger partial charge in [-0.05, 0) is 50.6 Å². The summed E-state index contributed by atoms with van der Waals surface area (Å²) in [4.78, 5) is 0. The van der Waals surface area contributed by atoms with E-state index >= 15 is 0 Å². The molecule has 5 aromatic rings. The Morgan fingerprint density at radius 2 is 0.868 bits per heavy atom. The summed E-state index contributed by atoms with van der Waals surface area (Å²) in [5.74, 6) is 0.319. The molecule has 38 heavy (non-hydrogen) atoms. The van der Waals surface area contributed by atoms with Crippen LogP contribution in [0.4, 0.5) is 0 Å². The fourth-order valence-electron chi connectivity index (χ4n) is 4.48. The van der Waals surface area contributed by atoms with Gasteiger partial charge in [0.05, 0.1) is 0 Å². The minimum absolute atomic E-state index is 0.319. The van der Waals surface area contributed by atoms with E-state index in [9.17, 15) is 5.11 Å². The van der Waals surface area contributed by atoms with Gasteiger partial charge >= 0.3 is 0 Å². The molecule has 0 heterocycles. The van der Waals surface area contributed by atoms with Crippen molar-refractivity contribution in [2.24, 2.45) is 0 Å². The van der Waals surface area contributed by atoms with E-state index in [1.54, 1.807) is 6.07 Å². The quantitative estimate of drug-likeness (QED) is 0.215. The van der Waals surface area contributed by atoms with Crippen molar-refractivity contribution in [1.29, 1.82) is 0 Å². The van der Waals surface area contributed by atoms with Gasteiger partial charge in [-0.2, -0.15) is 0 Å². The number of benzene rings is 5. The normalized spacial score (nSPS) is 11.6. The zero-order valence-corrected chi connectivity index (χ0v) is 21.2. The van der Waals surface area contributed by atoms with Gasteiger partial charge in [-0.1, -0.05) is 158 Å². The Morgan fingerprint density at radius 1 is 0.395 bits per heavy atom. The minimum atomic E-state index is 0.319. The van der Waals surface area contributed by atoms with Crippen LogP contribution in [0.2, 0.25) is 0 Å². The molecule has 0 aliphatic heterocycles. The van der Waals surface area contributed by atoms with Gasteiger partial charge < -0.3 is 5.11 Å². The number of hydrogen-bond donors (Lipinski definition) is 1. The van der Waals surface area contributed by atoms with Crippen molar-refractivity contribution < 1.29 is 5.11 Å². The van der Waals surface area contributed by atoms with Crippen molar-refractivity contribution in [3.8, 4) is 5.75 Å². The van der Waals surface area contributed by atoms with Crippen molar-refractivity contribution in [3.63, 3.8) is 0 Å². The Kier molecular flexibility index (Phi) is 8.08. The van der Waals surface area contributed by atoms with E-state index in [1.807, 2.05) is 36.4 Å². The number of para-hydroxylation sites is 1. The van der Waals surface area contributed by atoms with E-state index in [0.717, 1.165) is 44.5 Å². The predicted molar refractivity (Wildman–Crippen MR) is 163 cm³/mol. The van der Waals surface area contributed by atoms with Crippen LogP contribution in [0.15, 0.2) is 127 Å². The van der Waals surface area contributed by atoms with E-state index in [-0.39, 0.29) is 0 Å². The van der Waals surface area contributed by atoms with Crippen LogP contribution in [0.1, 0.15) is 44.5 Å². The first-order chi connectivity index (χ1) is 18.8. The second-order valence-corrected chi connectivity index (χ2v) is 9.18. The zero-order valence-electron chi connectivity index (χ0n) is 21.2. The highest BCUT2D eigenvalue weighted by Gasteiger charge is 2.11. The molecule has 184 valence electrons. The number of rotatable bonds is 8. The minimum Gasteiger partial charge on any atom is -0.508 e. The smallest absolute Gasteiger partial charge is 0.119 e. The van der Waals surface area contributed by atoms with Crippen molar-refractivity contribution in [2.75, 3.05) is 0 Å². The van der Waals surface area contributed by atoms with Gasteiger partial charge in [0.1, 0.15) is 5.75 Å². The molecule has 0 fully saturated rings. The lowest BCUT2D eigenvalue weighted by Crippen LogP contribution is -1.97. The fraction of sp³-hybridized carbons (Fsp3) is 0.0270. The monoisotopic (exact) mass is 490 g/mol. The Labute approximate surface area is 225 Å². The van der Waals surface area contributed by atoms with Crippen LogP contribution in [0.25, 0.3) is 36.5 Å². The molecule has 0 saturated carbocycles. The Bertz CT molecular complexity index is 1560. The molecule has 0 aliphatic rings. The first kappa shape index (κ1) is 24.8. The van der Waals surface area contributed by atoms with Gasteiger partial charge in [-0.25, -0.2) is 0 Å². The second-order valence-electron chi connectivity index (χ2n) is 9.18. The number of phenolic OH excluding ortho intramolecular Hbond substituents is 1. The third-order valence-corrected chi connectivity index (χ3v) is 6.52. The Morgan fingerprint density at radius 3 is 1.42 bits per heavy atom. The SMILES string of the molecule is Oc1ccccc1Cc1ccc(/C=C/c2ccccc2)c(/C=C/c2ccccc2)c1/C=C/c1ccccc1. The highest BCUT2D eigenvalue weighted by atomic mass is 16.3. The summed E-state index contributed by atoms with van der Waals surface area (Å²) >= 11 is 0. The fourth-order valence-corrected chi connectivity index (χ4v) is 4.48. The van der Waals surface area contributed by atoms with Gasteiger partial charge in [0, 0.05) is 6.42 Å². The summed E-state index contributed by atoms with van der Waals surface area (Å²) < 4.78 is 0. The lowest BCUT2D eigenvalue weighted by molar-refractivity contribution is 0.469. The van der Waals surface area contributed by atoms with Crippen molar-refractivity contribution >= 4 is 36.5 Å². The molecule has 0 spiro atoms. The van der Waals surface area contributed by atoms with Crippen molar-refractivity contribution in [2.45, 2.75) is 6.42 Å². The molecule has 0 amide bonds. The van der Waals surface area contributed by atoms with Crippen LogP contribution >= 0.6 is 0 Å². The highest BCUT2D eigenvalue weighted by molar-refractivity contribution is 5.87. The molecule has 0 saturated heterocycles. The zero-order chi connectivity index (χ0) is 26.0. The Hall–Kier alpha value is -4.88. The lowest BCUT2D eigenvalue weighted by Gasteiger charge is -2.14. The van der Waals surface area contributed by atoms with Crippen LogP contribution in [-0.4, -0.2) is 5.11 Å². The van der Waals surface area contributed by atoms with E-state index in [0.29, 0.717) is 12.2 Å².